The highest BCUT2D eigenvalue weighted by atomic mass is 16.3. The second kappa shape index (κ2) is 5.43. The molecule has 0 saturated heterocycles. The van der Waals surface area contributed by atoms with Crippen LogP contribution in [0, 0.1) is 0 Å². The van der Waals surface area contributed by atoms with E-state index >= 15 is 0 Å². The number of benzene rings is 1. The average molecular weight is 267 g/mol. The highest BCUT2D eigenvalue weighted by Crippen LogP contribution is 2.25. The Labute approximate surface area is 117 Å². The Bertz CT molecular complexity index is 719. The number of hydrogen-bond donors (Lipinski definition) is 1. The van der Waals surface area contributed by atoms with E-state index in [2.05, 4.69) is 16.5 Å². The molecule has 4 nitrogen and oxygen atoms in total. The number of aliphatic hydroxyl groups excluding tert-OH is 1. The van der Waals surface area contributed by atoms with E-state index in [0.29, 0.717) is 0 Å². The van der Waals surface area contributed by atoms with E-state index in [1.807, 2.05) is 36.5 Å². The Balaban J connectivity index is 2.22. The minimum absolute atomic E-state index is 0.0405. The van der Waals surface area contributed by atoms with E-state index in [9.17, 15) is 5.11 Å². The van der Waals surface area contributed by atoms with Crippen LogP contribution >= 0.6 is 0 Å². The zero-order valence-corrected chi connectivity index (χ0v) is 11.5. The summed E-state index contributed by atoms with van der Waals surface area (Å²) in [6.45, 7) is 3.11. The SMILES string of the molecule is CCCn1c(-c2cccnc2)nc2cc(CO)ccc21. The first-order valence-electron chi connectivity index (χ1n) is 6.84. The Hall–Kier alpha value is -2.20. The number of nitrogens with zero attached hydrogens (tertiary/aromatic N) is 3. The van der Waals surface area contributed by atoms with E-state index in [1.165, 1.54) is 0 Å². The summed E-state index contributed by atoms with van der Waals surface area (Å²) < 4.78 is 2.22. The van der Waals surface area contributed by atoms with Crippen molar-refractivity contribution in [2.75, 3.05) is 0 Å². The summed E-state index contributed by atoms with van der Waals surface area (Å²) in [6, 6.07) is 9.87. The van der Waals surface area contributed by atoms with Crippen LogP contribution in [0.3, 0.4) is 0 Å². The van der Waals surface area contributed by atoms with Crippen LogP contribution in [-0.2, 0) is 13.2 Å². The molecular weight excluding hydrogens is 250 g/mol. The normalized spacial score (nSPS) is 11.1. The zero-order chi connectivity index (χ0) is 13.9. The van der Waals surface area contributed by atoms with E-state index in [4.69, 9.17) is 4.98 Å². The van der Waals surface area contributed by atoms with Gasteiger partial charge in [-0.1, -0.05) is 13.0 Å². The van der Waals surface area contributed by atoms with Crippen molar-refractivity contribution < 1.29 is 5.11 Å². The first kappa shape index (κ1) is 12.8. The molecule has 4 heteroatoms. The van der Waals surface area contributed by atoms with Gasteiger partial charge in [-0.3, -0.25) is 4.98 Å². The van der Waals surface area contributed by atoms with Gasteiger partial charge in [0.2, 0.25) is 0 Å². The predicted molar refractivity (Wildman–Crippen MR) is 79.2 cm³/mol. The lowest BCUT2D eigenvalue weighted by atomic mass is 10.2. The van der Waals surface area contributed by atoms with Crippen LogP contribution in [0.5, 0.6) is 0 Å². The lowest BCUT2D eigenvalue weighted by molar-refractivity contribution is 0.282. The number of aryl methyl sites for hydroxylation is 1. The van der Waals surface area contributed by atoms with Crippen molar-refractivity contribution in [3.05, 3.63) is 48.3 Å². The molecule has 0 spiro atoms. The maximum absolute atomic E-state index is 9.25. The van der Waals surface area contributed by atoms with E-state index in [1.54, 1.807) is 6.20 Å². The van der Waals surface area contributed by atoms with Crippen molar-refractivity contribution in [2.45, 2.75) is 26.5 Å². The summed E-state index contributed by atoms with van der Waals surface area (Å²) in [5.41, 5.74) is 3.92. The molecule has 0 amide bonds. The lowest BCUT2D eigenvalue weighted by Gasteiger charge is -2.07. The molecule has 2 heterocycles. The third-order valence-corrected chi connectivity index (χ3v) is 3.36. The minimum atomic E-state index is 0.0405. The topological polar surface area (TPSA) is 50.9 Å². The standard InChI is InChI=1S/C16H17N3O/c1-2-8-19-15-6-5-12(11-20)9-14(15)18-16(19)13-4-3-7-17-10-13/h3-7,9-10,20H,2,8,11H2,1H3. The fourth-order valence-electron chi connectivity index (χ4n) is 2.44. The van der Waals surface area contributed by atoms with Gasteiger partial charge >= 0.3 is 0 Å². The molecule has 0 atom stereocenters. The molecule has 0 aliphatic rings. The van der Waals surface area contributed by atoms with Crippen LogP contribution in [-0.4, -0.2) is 19.6 Å². The second-order valence-electron chi connectivity index (χ2n) is 4.81. The summed E-state index contributed by atoms with van der Waals surface area (Å²) >= 11 is 0. The molecule has 102 valence electrons. The molecule has 1 aromatic carbocycles. The van der Waals surface area contributed by atoms with Gasteiger partial charge in [-0.05, 0) is 36.2 Å². The van der Waals surface area contributed by atoms with Crippen molar-refractivity contribution in [3.63, 3.8) is 0 Å². The molecule has 0 aliphatic carbocycles. The van der Waals surface area contributed by atoms with Gasteiger partial charge < -0.3 is 9.67 Å². The van der Waals surface area contributed by atoms with Gasteiger partial charge in [-0.15, -0.1) is 0 Å². The Morgan fingerprint density at radius 1 is 1.25 bits per heavy atom. The highest BCUT2D eigenvalue weighted by Gasteiger charge is 2.12. The molecular formula is C16H17N3O. The van der Waals surface area contributed by atoms with E-state index in [0.717, 1.165) is 41.0 Å². The summed E-state index contributed by atoms with van der Waals surface area (Å²) in [4.78, 5) is 8.89. The van der Waals surface area contributed by atoms with E-state index < -0.39 is 0 Å². The fourth-order valence-corrected chi connectivity index (χ4v) is 2.44. The number of fused-ring (bicyclic) bond motifs is 1. The number of imidazole rings is 1. The van der Waals surface area contributed by atoms with Crippen LogP contribution in [0.15, 0.2) is 42.7 Å². The van der Waals surface area contributed by atoms with Gasteiger partial charge in [-0.2, -0.15) is 0 Å². The molecule has 0 saturated carbocycles. The molecule has 1 N–H and O–H groups in total. The van der Waals surface area contributed by atoms with Crippen molar-refractivity contribution in [3.8, 4) is 11.4 Å². The van der Waals surface area contributed by atoms with Crippen molar-refractivity contribution in [2.24, 2.45) is 0 Å². The van der Waals surface area contributed by atoms with Gasteiger partial charge in [0, 0.05) is 24.5 Å². The summed E-state index contributed by atoms with van der Waals surface area (Å²) in [5, 5.41) is 9.25. The minimum Gasteiger partial charge on any atom is -0.392 e. The van der Waals surface area contributed by atoms with Crippen molar-refractivity contribution in [1.29, 1.82) is 0 Å². The molecule has 20 heavy (non-hydrogen) atoms. The largest absolute Gasteiger partial charge is 0.392 e. The Morgan fingerprint density at radius 2 is 2.15 bits per heavy atom. The lowest BCUT2D eigenvalue weighted by Crippen LogP contribution is -1.99. The van der Waals surface area contributed by atoms with Gasteiger partial charge in [0.05, 0.1) is 17.6 Å². The van der Waals surface area contributed by atoms with Crippen molar-refractivity contribution in [1.82, 2.24) is 14.5 Å². The molecule has 0 radical (unpaired) electrons. The summed E-state index contributed by atoms with van der Waals surface area (Å²) in [7, 11) is 0. The van der Waals surface area contributed by atoms with Gasteiger partial charge in [-0.25, -0.2) is 4.98 Å². The smallest absolute Gasteiger partial charge is 0.142 e. The molecule has 0 fully saturated rings. The van der Waals surface area contributed by atoms with Crippen molar-refractivity contribution >= 4 is 11.0 Å². The number of aliphatic hydroxyl groups is 1. The average Bonchev–Trinajstić information content (AvgIpc) is 2.86. The molecule has 0 unspecified atom stereocenters. The number of hydrogen-bond acceptors (Lipinski definition) is 3. The van der Waals surface area contributed by atoms with Crippen LogP contribution in [0.2, 0.25) is 0 Å². The summed E-state index contributed by atoms with van der Waals surface area (Å²) in [6.07, 6.45) is 4.64. The molecule has 0 aliphatic heterocycles. The number of pyridine rings is 1. The number of aromatic nitrogens is 3. The summed E-state index contributed by atoms with van der Waals surface area (Å²) in [5.74, 6) is 0.935. The van der Waals surface area contributed by atoms with Crippen LogP contribution < -0.4 is 0 Å². The molecule has 3 aromatic rings. The van der Waals surface area contributed by atoms with Gasteiger partial charge in [0.25, 0.3) is 0 Å². The predicted octanol–water partition coefficient (Wildman–Crippen LogP) is 3.00. The second-order valence-corrected chi connectivity index (χ2v) is 4.81. The van der Waals surface area contributed by atoms with Gasteiger partial charge in [0.15, 0.2) is 0 Å². The first-order valence-corrected chi connectivity index (χ1v) is 6.84. The quantitative estimate of drug-likeness (QED) is 0.790. The highest BCUT2D eigenvalue weighted by molar-refractivity contribution is 5.81. The fraction of sp³-hybridized carbons (Fsp3) is 0.250. The van der Waals surface area contributed by atoms with Crippen LogP contribution in [0.4, 0.5) is 0 Å². The maximum atomic E-state index is 9.25. The first-order chi connectivity index (χ1) is 9.83. The Morgan fingerprint density at radius 3 is 2.85 bits per heavy atom. The molecule has 0 bridgehead atoms. The van der Waals surface area contributed by atoms with Crippen LogP contribution in [0.25, 0.3) is 22.4 Å². The Kier molecular flexibility index (Phi) is 3.48. The molecule has 3 rings (SSSR count). The number of rotatable bonds is 4. The zero-order valence-electron chi connectivity index (χ0n) is 11.5. The van der Waals surface area contributed by atoms with E-state index in [-0.39, 0.29) is 6.61 Å². The third-order valence-electron chi connectivity index (χ3n) is 3.36. The van der Waals surface area contributed by atoms with Crippen LogP contribution in [0.1, 0.15) is 18.9 Å². The maximum Gasteiger partial charge on any atom is 0.142 e. The van der Waals surface area contributed by atoms with Gasteiger partial charge in [0.1, 0.15) is 5.82 Å². The third kappa shape index (κ3) is 2.18. The molecule has 2 aromatic heterocycles. The monoisotopic (exact) mass is 267 g/mol.